The molecule has 0 saturated carbocycles. The van der Waals surface area contributed by atoms with E-state index in [0.717, 1.165) is 23.5 Å². The van der Waals surface area contributed by atoms with Gasteiger partial charge < -0.3 is 4.90 Å². The number of thioether (sulfide) groups is 1. The Morgan fingerprint density at radius 1 is 0.971 bits per heavy atom. The molecule has 0 bridgehead atoms. The lowest BCUT2D eigenvalue weighted by Gasteiger charge is -2.42. The third kappa shape index (κ3) is 4.44. The Hall–Kier alpha value is -3.57. The first-order valence-electron chi connectivity index (χ1n) is 11.9. The van der Waals surface area contributed by atoms with Gasteiger partial charge in [0.25, 0.3) is 5.91 Å². The Balaban J connectivity index is 1.55. The molecule has 2 aliphatic heterocycles. The van der Waals surface area contributed by atoms with Crippen LogP contribution in [0.2, 0.25) is 0 Å². The SMILES string of the molecule is CCN1c2ccc(/C=C3\SC(=Nc4ccccc4)N(c4ccccc4)C3=O)cc2C(C)=CC1(C)C. The molecule has 5 rings (SSSR count). The molecule has 176 valence electrons. The van der Waals surface area contributed by atoms with Gasteiger partial charge in [-0.1, -0.05) is 48.5 Å². The first-order chi connectivity index (χ1) is 16.9. The molecule has 2 aliphatic rings. The molecule has 0 aliphatic carbocycles. The van der Waals surface area contributed by atoms with Crippen LogP contribution in [0.4, 0.5) is 17.1 Å². The van der Waals surface area contributed by atoms with Gasteiger partial charge in [0.1, 0.15) is 0 Å². The van der Waals surface area contributed by atoms with Crippen LogP contribution in [0.5, 0.6) is 0 Å². The number of carbonyl (C=O) groups excluding carboxylic acids is 1. The minimum atomic E-state index is -0.0582. The van der Waals surface area contributed by atoms with Gasteiger partial charge in [0, 0.05) is 17.8 Å². The number of amidine groups is 1. The van der Waals surface area contributed by atoms with Gasteiger partial charge in [0.15, 0.2) is 5.17 Å². The number of nitrogens with zero attached hydrogens (tertiary/aromatic N) is 3. The fourth-order valence-corrected chi connectivity index (χ4v) is 5.89. The van der Waals surface area contributed by atoms with E-state index < -0.39 is 0 Å². The third-order valence-corrected chi connectivity index (χ3v) is 7.39. The van der Waals surface area contributed by atoms with Gasteiger partial charge in [-0.15, -0.1) is 0 Å². The highest BCUT2D eigenvalue weighted by atomic mass is 32.2. The summed E-state index contributed by atoms with van der Waals surface area (Å²) in [6.45, 7) is 9.79. The number of amides is 1. The van der Waals surface area contributed by atoms with Gasteiger partial charge in [0.05, 0.1) is 21.8 Å². The number of likely N-dealkylation sites (N-methyl/N-ethyl adjacent to an activating group) is 1. The van der Waals surface area contributed by atoms with E-state index in [-0.39, 0.29) is 11.4 Å². The van der Waals surface area contributed by atoms with E-state index in [1.165, 1.54) is 28.6 Å². The van der Waals surface area contributed by atoms with Crippen LogP contribution in [-0.2, 0) is 4.79 Å². The molecule has 1 amide bonds. The molecule has 1 saturated heterocycles. The maximum Gasteiger partial charge on any atom is 0.271 e. The van der Waals surface area contributed by atoms with Crippen LogP contribution in [0, 0.1) is 0 Å². The molecule has 5 heteroatoms. The van der Waals surface area contributed by atoms with E-state index in [1.54, 1.807) is 4.90 Å². The quantitative estimate of drug-likeness (QED) is 0.363. The Bertz CT molecular complexity index is 1360. The average molecular weight is 480 g/mol. The Labute approximate surface area is 211 Å². The smallest absolute Gasteiger partial charge is 0.271 e. The van der Waals surface area contributed by atoms with E-state index in [1.807, 2.05) is 66.7 Å². The summed E-state index contributed by atoms with van der Waals surface area (Å²) in [6.07, 6.45) is 4.31. The Morgan fingerprint density at radius 3 is 2.34 bits per heavy atom. The molecule has 0 unspecified atom stereocenters. The number of para-hydroxylation sites is 2. The second-order valence-corrected chi connectivity index (χ2v) is 10.3. The van der Waals surface area contributed by atoms with Crippen molar-refractivity contribution in [1.82, 2.24) is 0 Å². The molecule has 0 atom stereocenters. The van der Waals surface area contributed by atoms with Crippen LogP contribution in [0.15, 0.2) is 94.8 Å². The van der Waals surface area contributed by atoms with Crippen molar-refractivity contribution in [2.45, 2.75) is 33.2 Å². The van der Waals surface area contributed by atoms with Crippen LogP contribution in [0.25, 0.3) is 11.6 Å². The number of aliphatic imine (C=N–C) groups is 1. The number of hydrogen-bond acceptors (Lipinski definition) is 4. The second-order valence-electron chi connectivity index (χ2n) is 9.32. The van der Waals surface area contributed by atoms with Crippen molar-refractivity contribution in [2.75, 3.05) is 16.3 Å². The van der Waals surface area contributed by atoms with Crippen molar-refractivity contribution < 1.29 is 4.79 Å². The summed E-state index contributed by atoms with van der Waals surface area (Å²) >= 11 is 1.42. The highest BCUT2D eigenvalue weighted by molar-refractivity contribution is 8.19. The lowest BCUT2D eigenvalue weighted by atomic mass is 9.88. The summed E-state index contributed by atoms with van der Waals surface area (Å²) in [4.78, 5) is 23.2. The molecule has 2 heterocycles. The fourth-order valence-electron chi connectivity index (χ4n) is 4.89. The van der Waals surface area contributed by atoms with Gasteiger partial charge in [-0.05, 0) is 93.1 Å². The highest BCUT2D eigenvalue weighted by Gasteiger charge is 2.35. The first kappa shape index (κ1) is 23.2. The summed E-state index contributed by atoms with van der Waals surface area (Å²) in [6, 6.07) is 26.0. The minimum absolute atomic E-state index is 0.0257. The van der Waals surface area contributed by atoms with Gasteiger partial charge in [-0.2, -0.15) is 0 Å². The van der Waals surface area contributed by atoms with Crippen molar-refractivity contribution in [3.8, 4) is 0 Å². The predicted molar refractivity (Wildman–Crippen MR) is 150 cm³/mol. The van der Waals surface area contributed by atoms with Crippen molar-refractivity contribution in [1.29, 1.82) is 0 Å². The molecule has 0 spiro atoms. The average Bonchev–Trinajstić information content (AvgIpc) is 3.14. The first-order valence-corrected chi connectivity index (χ1v) is 12.7. The van der Waals surface area contributed by atoms with E-state index in [2.05, 4.69) is 56.9 Å². The Kier molecular flexibility index (Phi) is 6.12. The second kappa shape index (κ2) is 9.23. The zero-order valence-electron chi connectivity index (χ0n) is 20.5. The maximum atomic E-state index is 13.6. The standard InChI is InChI=1S/C30H29N3OS/c1-5-32-26-17-16-22(18-25(26)21(2)20-30(32,3)4)19-27-28(34)33(24-14-10-7-11-15-24)29(35-27)31-23-12-8-6-9-13-23/h6-20H,5H2,1-4H3/b27-19-,31-29?. The summed E-state index contributed by atoms with van der Waals surface area (Å²) in [7, 11) is 0. The number of anilines is 2. The van der Waals surface area contributed by atoms with Crippen LogP contribution < -0.4 is 9.80 Å². The molecule has 3 aromatic carbocycles. The number of benzene rings is 3. The fraction of sp³-hybridized carbons (Fsp3) is 0.200. The Morgan fingerprint density at radius 2 is 1.66 bits per heavy atom. The number of hydrogen-bond donors (Lipinski definition) is 0. The molecule has 3 aromatic rings. The van der Waals surface area contributed by atoms with Crippen LogP contribution in [-0.4, -0.2) is 23.2 Å². The minimum Gasteiger partial charge on any atom is -0.363 e. The van der Waals surface area contributed by atoms with Gasteiger partial charge in [-0.25, -0.2) is 4.99 Å². The summed E-state index contributed by atoms with van der Waals surface area (Å²) < 4.78 is 0. The van der Waals surface area contributed by atoms with E-state index >= 15 is 0 Å². The predicted octanol–water partition coefficient (Wildman–Crippen LogP) is 7.52. The normalized spacial score (nSPS) is 19.3. The number of allylic oxidation sites excluding steroid dienone is 1. The zero-order valence-corrected chi connectivity index (χ0v) is 21.3. The van der Waals surface area contributed by atoms with Crippen LogP contribution in [0.3, 0.4) is 0 Å². The lowest BCUT2D eigenvalue weighted by Crippen LogP contribution is -2.44. The molecule has 1 fully saturated rings. The van der Waals surface area contributed by atoms with Crippen molar-refractivity contribution in [3.05, 3.63) is 101 Å². The van der Waals surface area contributed by atoms with Gasteiger partial charge >= 0.3 is 0 Å². The molecule has 0 radical (unpaired) electrons. The number of rotatable bonds is 4. The summed E-state index contributed by atoms with van der Waals surface area (Å²) in [5.41, 5.74) is 6.34. The topological polar surface area (TPSA) is 35.9 Å². The maximum absolute atomic E-state index is 13.6. The van der Waals surface area contributed by atoms with Gasteiger partial charge in [-0.3, -0.25) is 9.69 Å². The molecule has 35 heavy (non-hydrogen) atoms. The highest BCUT2D eigenvalue weighted by Crippen LogP contribution is 2.41. The molecular formula is C30H29N3OS. The summed E-state index contributed by atoms with van der Waals surface area (Å²) in [5, 5.41) is 0.659. The third-order valence-electron chi connectivity index (χ3n) is 6.42. The van der Waals surface area contributed by atoms with Crippen LogP contribution >= 0.6 is 11.8 Å². The zero-order chi connectivity index (χ0) is 24.6. The van der Waals surface area contributed by atoms with Gasteiger partial charge in [0.2, 0.25) is 0 Å². The summed E-state index contributed by atoms with van der Waals surface area (Å²) in [5.74, 6) is -0.0582. The number of carbonyl (C=O) groups is 1. The van der Waals surface area contributed by atoms with Crippen molar-refractivity contribution in [3.63, 3.8) is 0 Å². The molecule has 4 nitrogen and oxygen atoms in total. The van der Waals surface area contributed by atoms with Crippen molar-refractivity contribution in [2.24, 2.45) is 4.99 Å². The monoisotopic (exact) mass is 479 g/mol. The van der Waals surface area contributed by atoms with E-state index in [0.29, 0.717) is 10.1 Å². The van der Waals surface area contributed by atoms with Crippen molar-refractivity contribution >= 4 is 51.5 Å². The molecular weight excluding hydrogens is 450 g/mol. The molecule has 0 N–H and O–H groups in total. The van der Waals surface area contributed by atoms with E-state index in [4.69, 9.17) is 4.99 Å². The lowest BCUT2D eigenvalue weighted by molar-refractivity contribution is -0.113. The van der Waals surface area contributed by atoms with Crippen LogP contribution in [0.1, 0.15) is 38.8 Å². The number of fused-ring (bicyclic) bond motifs is 1. The van der Waals surface area contributed by atoms with E-state index in [9.17, 15) is 4.79 Å². The largest absolute Gasteiger partial charge is 0.363 e. The molecule has 0 aromatic heterocycles.